The van der Waals surface area contributed by atoms with Gasteiger partial charge in [-0.3, -0.25) is 0 Å². The molecule has 19 heavy (non-hydrogen) atoms. The molecule has 3 N–H and O–H groups in total. The van der Waals surface area contributed by atoms with E-state index < -0.39 is 0 Å². The zero-order valence-corrected chi connectivity index (χ0v) is 13.9. The molecule has 0 radical (unpaired) electrons. The summed E-state index contributed by atoms with van der Waals surface area (Å²) in [6, 6.07) is 0.311. The number of thioether (sulfide) groups is 1. The summed E-state index contributed by atoms with van der Waals surface area (Å²) in [6.07, 6.45) is 4.47. The van der Waals surface area contributed by atoms with Gasteiger partial charge in [-0.2, -0.15) is 16.9 Å². The van der Waals surface area contributed by atoms with E-state index in [1.54, 1.807) is 0 Å². The lowest BCUT2D eigenvalue weighted by Gasteiger charge is -2.30. The van der Waals surface area contributed by atoms with Gasteiger partial charge in [0.15, 0.2) is 0 Å². The molecule has 4 nitrogen and oxygen atoms in total. The summed E-state index contributed by atoms with van der Waals surface area (Å²) in [5.41, 5.74) is 7.82. The van der Waals surface area contributed by atoms with Crippen LogP contribution < -0.4 is 11.1 Å². The first-order valence-corrected chi connectivity index (χ1v) is 8.26. The molecule has 0 bridgehead atoms. The Labute approximate surface area is 121 Å². The molecule has 1 rings (SSSR count). The average molecular weight is 284 g/mol. The second kappa shape index (κ2) is 6.55. The van der Waals surface area contributed by atoms with Gasteiger partial charge in [0.1, 0.15) is 5.82 Å². The lowest BCUT2D eigenvalue weighted by Crippen LogP contribution is -2.32. The second-order valence-corrected chi connectivity index (χ2v) is 6.61. The van der Waals surface area contributed by atoms with Gasteiger partial charge in [-0.1, -0.05) is 13.8 Å². The van der Waals surface area contributed by atoms with Crippen molar-refractivity contribution in [3.63, 3.8) is 0 Å². The minimum atomic E-state index is 0.270. The fraction of sp³-hybridized carbons (Fsp3) is 0.786. The number of nitrogens with one attached hydrogen (secondary N) is 1. The Morgan fingerprint density at radius 2 is 1.95 bits per heavy atom. The Morgan fingerprint density at radius 1 is 1.37 bits per heavy atom. The van der Waals surface area contributed by atoms with Crippen LogP contribution in [0.3, 0.4) is 0 Å². The number of hydrogen-bond donors (Lipinski definition) is 2. The largest absolute Gasteiger partial charge is 0.394 e. The van der Waals surface area contributed by atoms with Gasteiger partial charge in [0, 0.05) is 17.3 Å². The van der Waals surface area contributed by atoms with Crippen LogP contribution in [0.2, 0.25) is 0 Å². The summed E-state index contributed by atoms with van der Waals surface area (Å²) in [6.45, 7) is 11.6. The number of nitrogens with two attached hydrogens (primary N) is 1. The molecule has 0 aliphatic carbocycles. The van der Waals surface area contributed by atoms with E-state index in [-0.39, 0.29) is 4.75 Å². The third-order valence-electron chi connectivity index (χ3n) is 3.92. The molecule has 1 aromatic heterocycles. The molecule has 0 saturated heterocycles. The lowest BCUT2D eigenvalue weighted by atomic mass is 10.0. The molecule has 0 aliphatic heterocycles. The van der Waals surface area contributed by atoms with Gasteiger partial charge >= 0.3 is 0 Å². The molecule has 0 saturated carbocycles. The van der Waals surface area contributed by atoms with E-state index in [0.29, 0.717) is 6.04 Å². The monoisotopic (exact) mass is 284 g/mol. The number of nitrogen functional groups attached to an aromatic ring is 1. The normalized spacial score (nSPS) is 12.2. The molecule has 0 unspecified atom stereocenters. The summed E-state index contributed by atoms with van der Waals surface area (Å²) >= 11 is 1.93. The van der Waals surface area contributed by atoms with Crippen LogP contribution in [0.1, 0.15) is 52.3 Å². The number of nitrogens with zero attached hydrogens (tertiary/aromatic N) is 2. The van der Waals surface area contributed by atoms with Crippen LogP contribution in [0.25, 0.3) is 0 Å². The maximum absolute atomic E-state index is 6.14. The van der Waals surface area contributed by atoms with Gasteiger partial charge in [0.05, 0.1) is 11.4 Å². The van der Waals surface area contributed by atoms with Gasteiger partial charge < -0.3 is 11.1 Å². The first-order valence-electron chi connectivity index (χ1n) is 7.04. The van der Waals surface area contributed by atoms with E-state index >= 15 is 0 Å². The van der Waals surface area contributed by atoms with Gasteiger partial charge in [-0.25, -0.2) is 4.68 Å². The van der Waals surface area contributed by atoms with Crippen LogP contribution in [-0.2, 0) is 0 Å². The fourth-order valence-electron chi connectivity index (χ4n) is 2.22. The van der Waals surface area contributed by atoms with E-state index in [1.165, 1.54) is 0 Å². The van der Waals surface area contributed by atoms with E-state index in [4.69, 9.17) is 5.73 Å². The van der Waals surface area contributed by atoms with Gasteiger partial charge in [0.25, 0.3) is 0 Å². The highest BCUT2D eigenvalue weighted by molar-refractivity contribution is 8.00. The molecular formula is C14H28N4S. The first-order chi connectivity index (χ1) is 8.90. The van der Waals surface area contributed by atoms with E-state index in [1.807, 2.05) is 23.4 Å². The van der Waals surface area contributed by atoms with Crippen molar-refractivity contribution in [3.8, 4) is 0 Å². The molecule has 0 spiro atoms. The summed E-state index contributed by atoms with van der Waals surface area (Å²) < 4.78 is 2.26. The van der Waals surface area contributed by atoms with Gasteiger partial charge in [-0.05, 0) is 39.9 Å². The molecule has 0 fully saturated rings. The molecule has 5 heteroatoms. The SMILES string of the molecule is CCC(CC)(CNc1c(N)c(C)nn1C(C)C)SC. The molecule has 0 aliphatic rings. The van der Waals surface area contributed by atoms with Crippen molar-refractivity contribution in [1.82, 2.24) is 9.78 Å². The van der Waals surface area contributed by atoms with Crippen LogP contribution in [-0.4, -0.2) is 27.3 Å². The van der Waals surface area contributed by atoms with Crippen molar-refractivity contribution in [3.05, 3.63) is 5.69 Å². The van der Waals surface area contributed by atoms with Gasteiger partial charge in [-0.15, -0.1) is 0 Å². The van der Waals surface area contributed by atoms with Crippen LogP contribution >= 0.6 is 11.8 Å². The summed E-state index contributed by atoms with van der Waals surface area (Å²) in [5, 5.41) is 8.04. The topological polar surface area (TPSA) is 55.9 Å². The highest BCUT2D eigenvalue weighted by Gasteiger charge is 2.26. The number of hydrogen-bond acceptors (Lipinski definition) is 4. The van der Waals surface area contributed by atoms with Crippen molar-refractivity contribution in [2.45, 2.75) is 58.2 Å². The Morgan fingerprint density at radius 3 is 2.37 bits per heavy atom. The standard InChI is InChI=1S/C14H28N4S/c1-7-14(8-2,19-6)9-16-13-12(15)11(5)17-18(13)10(3)4/h10,16H,7-9,15H2,1-6H3. The predicted octanol–water partition coefficient (Wildman–Crippen LogP) is 3.69. The predicted molar refractivity (Wildman–Crippen MR) is 87.1 cm³/mol. The van der Waals surface area contributed by atoms with Crippen molar-refractivity contribution in [1.29, 1.82) is 0 Å². The second-order valence-electron chi connectivity index (χ2n) is 5.33. The molecule has 1 heterocycles. The van der Waals surface area contributed by atoms with Crippen LogP contribution in [0, 0.1) is 6.92 Å². The third kappa shape index (κ3) is 3.38. The number of rotatable bonds is 7. The molecule has 0 aromatic carbocycles. The smallest absolute Gasteiger partial charge is 0.148 e. The number of aryl methyl sites for hydroxylation is 1. The maximum Gasteiger partial charge on any atom is 0.148 e. The molecule has 0 atom stereocenters. The fourth-order valence-corrected chi connectivity index (χ4v) is 3.01. The molecule has 0 amide bonds. The van der Waals surface area contributed by atoms with Crippen LogP contribution in [0.5, 0.6) is 0 Å². The van der Waals surface area contributed by atoms with E-state index in [9.17, 15) is 0 Å². The Hall–Kier alpha value is -0.840. The highest BCUT2D eigenvalue weighted by atomic mass is 32.2. The zero-order chi connectivity index (χ0) is 14.6. The summed E-state index contributed by atoms with van der Waals surface area (Å²) in [5.74, 6) is 0.966. The minimum Gasteiger partial charge on any atom is -0.394 e. The van der Waals surface area contributed by atoms with Crippen molar-refractivity contribution >= 4 is 23.3 Å². The summed E-state index contributed by atoms with van der Waals surface area (Å²) in [7, 11) is 0. The molecule has 110 valence electrons. The van der Waals surface area contributed by atoms with Crippen LogP contribution in [0.4, 0.5) is 11.5 Å². The van der Waals surface area contributed by atoms with Crippen molar-refractivity contribution in [2.75, 3.05) is 23.9 Å². The van der Waals surface area contributed by atoms with Gasteiger partial charge in [0.2, 0.25) is 0 Å². The first kappa shape index (κ1) is 16.2. The molecular weight excluding hydrogens is 256 g/mol. The third-order valence-corrected chi connectivity index (χ3v) is 5.51. The van der Waals surface area contributed by atoms with Crippen molar-refractivity contribution in [2.24, 2.45) is 0 Å². The van der Waals surface area contributed by atoms with E-state index in [0.717, 1.165) is 36.6 Å². The Balaban J connectivity index is 2.93. The Kier molecular flexibility index (Phi) is 5.59. The molecule has 1 aromatic rings. The zero-order valence-electron chi connectivity index (χ0n) is 13.1. The minimum absolute atomic E-state index is 0.270. The van der Waals surface area contributed by atoms with Crippen molar-refractivity contribution < 1.29 is 0 Å². The van der Waals surface area contributed by atoms with E-state index in [2.05, 4.69) is 44.4 Å². The van der Waals surface area contributed by atoms with Crippen LogP contribution in [0.15, 0.2) is 0 Å². The number of anilines is 2. The Bertz CT molecular complexity index is 400. The maximum atomic E-state index is 6.14. The lowest BCUT2D eigenvalue weighted by molar-refractivity contribution is 0.526. The summed E-state index contributed by atoms with van der Waals surface area (Å²) in [4.78, 5) is 0. The highest BCUT2D eigenvalue weighted by Crippen LogP contribution is 2.32. The average Bonchev–Trinajstić information content (AvgIpc) is 2.69. The quantitative estimate of drug-likeness (QED) is 0.802. The number of aromatic nitrogens is 2.